The number of rotatable bonds is 11. The van der Waals surface area contributed by atoms with Gasteiger partial charge in [-0.05, 0) is 37.8 Å². The number of hydrogen-bond acceptors (Lipinski definition) is 4. The van der Waals surface area contributed by atoms with Gasteiger partial charge in [-0.3, -0.25) is 4.79 Å². The van der Waals surface area contributed by atoms with Crippen molar-refractivity contribution in [1.29, 1.82) is 0 Å². The van der Waals surface area contributed by atoms with Crippen molar-refractivity contribution >= 4 is 23.7 Å². The summed E-state index contributed by atoms with van der Waals surface area (Å²) in [5.41, 5.74) is 6.95. The standard InChI is InChI=1S/C23H36N6O3/c1-16(2)20(28-23(32)29-13-4-5-14-29)15-26-19(7-6-12-25-22(24)31)21(30)27-18-10-8-17(3)9-11-18/h4-5,8-11,16,19-20,26H,6-7,12-15H2,1-3H3,(H,27,30)(H,28,32)(H3,24,25,31)/t19-,20+/m0/s1. The van der Waals surface area contributed by atoms with Gasteiger partial charge in [-0.25, -0.2) is 9.59 Å². The van der Waals surface area contributed by atoms with Crippen LogP contribution in [0.4, 0.5) is 15.3 Å². The number of anilines is 1. The molecule has 1 aromatic carbocycles. The van der Waals surface area contributed by atoms with Crippen LogP contribution in [0.5, 0.6) is 0 Å². The van der Waals surface area contributed by atoms with Crippen LogP contribution in [0.25, 0.3) is 0 Å². The zero-order valence-corrected chi connectivity index (χ0v) is 19.2. The zero-order valence-electron chi connectivity index (χ0n) is 19.2. The van der Waals surface area contributed by atoms with Crippen molar-refractivity contribution in [2.75, 3.05) is 31.5 Å². The summed E-state index contributed by atoms with van der Waals surface area (Å²) in [5, 5.41) is 11.9. The highest BCUT2D eigenvalue weighted by molar-refractivity contribution is 5.94. The van der Waals surface area contributed by atoms with Crippen LogP contribution < -0.4 is 27.0 Å². The van der Waals surface area contributed by atoms with Gasteiger partial charge in [0.05, 0.1) is 6.04 Å². The van der Waals surface area contributed by atoms with Crippen molar-refractivity contribution in [2.24, 2.45) is 11.7 Å². The van der Waals surface area contributed by atoms with E-state index in [-0.39, 0.29) is 23.9 Å². The Hall–Kier alpha value is -3.07. The quantitative estimate of drug-likeness (QED) is 0.264. The van der Waals surface area contributed by atoms with Crippen LogP contribution in [-0.4, -0.2) is 61.1 Å². The average molecular weight is 445 g/mol. The highest BCUT2D eigenvalue weighted by atomic mass is 16.2. The molecule has 9 heteroatoms. The largest absolute Gasteiger partial charge is 0.352 e. The number of benzene rings is 1. The molecule has 0 aromatic heterocycles. The number of nitrogens with one attached hydrogen (secondary N) is 4. The fourth-order valence-corrected chi connectivity index (χ4v) is 3.33. The SMILES string of the molecule is Cc1ccc(NC(=O)[C@H](CCCNC(N)=O)NC[C@@H](NC(=O)N2CC=CC2)C(C)C)cc1. The summed E-state index contributed by atoms with van der Waals surface area (Å²) in [7, 11) is 0. The van der Waals surface area contributed by atoms with Gasteiger partial charge in [-0.15, -0.1) is 0 Å². The number of primary amides is 1. The van der Waals surface area contributed by atoms with Crippen LogP contribution in [-0.2, 0) is 4.79 Å². The van der Waals surface area contributed by atoms with Crippen LogP contribution in [0.2, 0.25) is 0 Å². The highest BCUT2D eigenvalue weighted by Crippen LogP contribution is 2.11. The van der Waals surface area contributed by atoms with Gasteiger partial charge >= 0.3 is 12.1 Å². The van der Waals surface area contributed by atoms with Crippen molar-refractivity contribution in [3.63, 3.8) is 0 Å². The molecular weight excluding hydrogens is 408 g/mol. The van der Waals surface area contributed by atoms with Crippen molar-refractivity contribution < 1.29 is 14.4 Å². The Bertz CT molecular complexity index is 785. The Morgan fingerprint density at radius 3 is 2.34 bits per heavy atom. The Morgan fingerprint density at radius 1 is 1.09 bits per heavy atom. The number of urea groups is 2. The number of nitrogens with two attached hydrogens (primary N) is 1. The lowest BCUT2D eigenvalue weighted by Gasteiger charge is -2.28. The van der Waals surface area contributed by atoms with Crippen LogP contribution in [0, 0.1) is 12.8 Å². The Morgan fingerprint density at radius 2 is 1.75 bits per heavy atom. The maximum absolute atomic E-state index is 12.9. The lowest BCUT2D eigenvalue weighted by molar-refractivity contribution is -0.118. The van der Waals surface area contributed by atoms with Gasteiger partial charge in [-0.2, -0.15) is 0 Å². The molecule has 176 valence electrons. The van der Waals surface area contributed by atoms with Crippen LogP contribution >= 0.6 is 0 Å². The second-order valence-electron chi connectivity index (χ2n) is 8.43. The summed E-state index contributed by atoms with van der Waals surface area (Å²) < 4.78 is 0. The fourth-order valence-electron chi connectivity index (χ4n) is 3.33. The predicted molar refractivity (Wildman–Crippen MR) is 126 cm³/mol. The number of aryl methyl sites for hydroxylation is 1. The molecule has 2 atom stereocenters. The van der Waals surface area contributed by atoms with E-state index < -0.39 is 12.1 Å². The van der Waals surface area contributed by atoms with Gasteiger partial charge in [-0.1, -0.05) is 43.7 Å². The summed E-state index contributed by atoms with van der Waals surface area (Å²) in [4.78, 5) is 38.1. The van der Waals surface area contributed by atoms with E-state index in [1.807, 2.05) is 57.2 Å². The molecule has 0 saturated heterocycles. The first-order valence-electron chi connectivity index (χ1n) is 11.1. The minimum Gasteiger partial charge on any atom is -0.352 e. The molecule has 9 nitrogen and oxygen atoms in total. The summed E-state index contributed by atoms with van der Waals surface area (Å²) in [5.74, 6) is 0.0184. The predicted octanol–water partition coefficient (Wildman–Crippen LogP) is 1.95. The van der Waals surface area contributed by atoms with Gasteiger partial charge in [0, 0.05) is 37.9 Å². The van der Waals surface area contributed by atoms with Gasteiger partial charge in [0.15, 0.2) is 0 Å². The van der Waals surface area contributed by atoms with Crippen LogP contribution in [0.1, 0.15) is 32.3 Å². The molecule has 32 heavy (non-hydrogen) atoms. The molecule has 1 aliphatic heterocycles. The number of nitrogens with zero attached hydrogens (tertiary/aromatic N) is 1. The molecular formula is C23H36N6O3. The minimum absolute atomic E-state index is 0.109. The van der Waals surface area contributed by atoms with Crippen LogP contribution in [0.3, 0.4) is 0 Å². The second kappa shape index (κ2) is 12.7. The Balaban J connectivity index is 1.97. The molecule has 0 fully saturated rings. The van der Waals surface area contributed by atoms with Crippen molar-refractivity contribution in [3.05, 3.63) is 42.0 Å². The van der Waals surface area contributed by atoms with E-state index in [2.05, 4.69) is 21.3 Å². The number of carbonyl (C=O) groups is 3. The summed E-state index contributed by atoms with van der Waals surface area (Å²) in [6.07, 6.45) is 5.02. The van der Waals surface area contributed by atoms with Gasteiger partial charge in [0.2, 0.25) is 5.91 Å². The fraction of sp³-hybridized carbons (Fsp3) is 0.522. The monoisotopic (exact) mass is 444 g/mol. The Labute approximate surface area is 190 Å². The lowest BCUT2D eigenvalue weighted by atomic mass is 10.0. The minimum atomic E-state index is -0.586. The molecule has 1 aromatic rings. The molecule has 6 N–H and O–H groups in total. The molecule has 5 amide bonds. The molecule has 0 bridgehead atoms. The first kappa shape index (κ1) is 25.2. The third-order valence-electron chi connectivity index (χ3n) is 5.41. The smallest absolute Gasteiger partial charge is 0.318 e. The van der Waals surface area contributed by atoms with E-state index in [4.69, 9.17) is 5.73 Å². The van der Waals surface area contributed by atoms with E-state index >= 15 is 0 Å². The first-order chi connectivity index (χ1) is 15.3. The maximum Gasteiger partial charge on any atom is 0.318 e. The van der Waals surface area contributed by atoms with Crippen molar-refractivity contribution in [2.45, 2.75) is 45.7 Å². The van der Waals surface area contributed by atoms with E-state index in [1.54, 1.807) is 4.90 Å². The van der Waals surface area contributed by atoms with Gasteiger partial charge in [0.25, 0.3) is 0 Å². The van der Waals surface area contributed by atoms with E-state index in [0.29, 0.717) is 39.0 Å². The zero-order chi connectivity index (χ0) is 23.5. The molecule has 1 heterocycles. The third kappa shape index (κ3) is 8.58. The number of carbonyl (C=O) groups excluding carboxylic acids is 3. The van der Waals surface area contributed by atoms with Crippen LogP contribution in [0.15, 0.2) is 36.4 Å². The number of hydrogen-bond donors (Lipinski definition) is 5. The molecule has 0 saturated carbocycles. The normalized spacial score (nSPS) is 14.8. The maximum atomic E-state index is 12.9. The molecule has 0 radical (unpaired) electrons. The van der Waals surface area contributed by atoms with Gasteiger partial charge in [0.1, 0.15) is 0 Å². The summed E-state index contributed by atoms with van der Waals surface area (Å²) in [6, 6.07) is 6.28. The molecule has 2 rings (SSSR count). The topological polar surface area (TPSA) is 129 Å². The van der Waals surface area contributed by atoms with E-state index in [1.165, 1.54) is 0 Å². The van der Waals surface area contributed by atoms with Crippen molar-refractivity contribution in [3.8, 4) is 0 Å². The molecule has 0 aliphatic carbocycles. The van der Waals surface area contributed by atoms with Gasteiger partial charge < -0.3 is 31.9 Å². The van der Waals surface area contributed by atoms with E-state index in [9.17, 15) is 14.4 Å². The second-order valence-corrected chi connectivity index (χ2v) is 8.43. The van der Waals surface area contributed by atoms with E-state index in [0.717, 1.165) is 11.3 Å². The molecule has 0 spiro atoms. The lowest BCUT2D eigenvalue weighted by Crippen LogP contribution is -2.53. The highest BCUT2D eigenvalue weighted by Gasteiger charge is 2.24. The molecule has 0 unspecified atom stereocenters. The Kier molecular flexibility index (Phi) is 10.0. The third-order valence-corrected chi connectivity index (χ3v) is 5.41. The average Bonchev–Trinajstić information content (AvgIpc) is 3.28. The first-order valence-corrected chi connectivity index (χ1v) is 11.1. The summed E-state index contributed by atoms with van der Waals surface area (Å²) >= 11 is 0. The van der Waals surface area contributed by atoms with Crippen molar-refractivity contribution in [1.82, 2.24) is 20.9 Å². The summed E-state index contributed by atoms with van der Waals surface area (Å²) in [6.45, 7) is 8.11. The molecule has 1 aliphatic rings. The number of amides is 5.